The molecule has 1 unspecified atom stereocenters. The number of amides is 1. The van der Waals surface area contributed by atoms with Crippen LogP contribution in [0.5, 0.6) is 11.5 Å². The fraction of sp³-hybridized carbons (Fsp3) is 0.286. The van der Waals surface area contributed by atoms with Crippen LogP contribution in [0.3, 0.4) is 0 Å². The number of nitrogens with zero attached hydrogens (tertiary/aromatic N) is 1. The molecule has 2 heterocycles. The van der Waals surface area contributed by atoms with Gasteiger partial charge in [-0.05, 0) is 76.1 Å². The molecule has 1 aliphatic rings. The standard InChI is InChI=1S/C28H29NO6/c1-6-33-19-11-12-20(23(15-19)34-7-2)26(30)24-25(22-13-10-18(5)35-22)29(28(32)27(24)31)21-14-16(3)8-9-17(21)4/h8-15,25,30H,6-7H2,1-5H3/b26-24-. The third-order valence-electron chi connectivity index (χ3n) is 5.92. The van der Waals surface area contributed by atoms with E-state index in [9.17, 15) is 14.7 Å². The van der Waals surface area contributed by atoms with Gasteiger partial charge in [-0.3, -0.25) is 14.5 Å². The van der Waals surface area contributed by atoms with Crippen molar-refractivity contribution in [3.05, 3.63) is 82.3 Å². The molecule has 7 nitrogen and oxygen atoms in total. The number of ketones is 1. The van der Waals surface area contributed by atoms with E-state index in [1.165, 1.54) is 4.90 Å². The highest BCUT2D eigenvalue weighted by atomic mass is 16.5. The summed E-state index contributed by atoms with van der Waals surface area (Å²) in [6.07, 6.45) is 0. The number of carbonyl (C=O) groups is 2. The number of hydrogen-bond donors (Lipinski definition) is 1. The van der Waals surface area contributed by atoms with Crippen molar-refractivity contribution < 1.29 is 28.6 Å². The average molecular weight is 476 g/mol. The third kappa shape index (κ3) is 4.41. The van der Waals surface area contributed by atoms with Crippen LogP contribution in [0.2, 0.25) is 0 Å². The Bertz CT molecular complexity index is 1320. The number of aryl methyl sites for hydroxylation is 3. The number of Topliss-reactive ketones (excluding diaryl/α,β-unsaturated/α-hetero) is 1. The Balaban J connectivity index is 1.95. The highest BCUT2D eigenvalue weighted by Gasteiger charge is 2.49. The van der Waals surface area contributed by atoms with Gasteiger partial charge in [0.2, 0.25) is 0 Å². The summed E-state index contributed by atoms with van der Waals surface area (Å²) in [4.78, 5) is 28.2. The summed E-state index contributed by atoms with van der Waals surface area (Å²) < 4.78 is 17.2. The lowest BCUT2D eigenvalue weighted by molar-refractivity contribution is -0.132. The van der Waals surface area contributed by atoms with Gasteiger partial charge < -0.3 is 19.0 Å². The van der Waals surface area contributed by atoms with E-state index in [0.717, 1.165) is 11.1 Å². The molecule has 182 valence electrons. The number of rotatable bonds is 7. The topological polar surface area (TPSA) is 89.2 Å². The molecule has 1 N–H and O–H groups in total. The molecule has 1 atom stereocenters. The summed E-state index contributed by atoms with van der Waals surface area (Å²) in [6.45, 7) is 10.1. The summed E-state index contributed by atoms with van der Waals surface area (Å²) >= 11 is 0. The maximum absolute atomic E-state index is 13.4. The van der Waals surface area contributed by atoms with Gasteiger partial charge in [0.1, 0.15) is 34.8 Å². The fourth-order valence-electron chi connectivity index (χ4n) is 4.30. The minimum atomic E-state index is -0.940. The van der Waals surface area contributed by atoms with Crippen molar-refractivity contribution in [3.63, 3.8) is 0 Å². The van der Waals surface area contributed by atoms with E-state index in [4.69, 9.17) is 13.9 Å². The van der Waals surface area contributed by atoms with Crippen molar-refractivity contribution in [1.82, 2.24) is 0 Å². The smallest absolute Gasteiger partial charge is 0.300 e. The van der Waals surface area contributed by atoms with Gasteiger partial charge in [0, 0.05) is 11.8 Å². The largest absolute Gasteiger partial charge is 0.507 e. The van der Waals surface area contributed by atoms with Crippen molar-refractivity contribution in [2.24, 2.45) is 0 Å². The minimum absolute atomic E-state index is 0.0598. The molecule has 35 heavy (non-hydrogen) atoms. The van der Waals surface area contributed by atoms with Crippen LogP contribution in [0, 0.1) is 20.8 Å². The summed E-state index contributed by atoms with van der Waals surface area (Å²) in [5.41, 5.74) is 2.58. The van der Waals surface area contributed by atoms with E-state index < -0.39 is 17.7 Å². The number of hydrogen-bond acceptors (Lipinski definition) is 6. The lowest BCUT2D eigenvalue weighted by Gasteiger charge is -2.25. The summed E-state index contributed by atoms with van der Waals surface area (Å²) in [5.74, 6) is 0.0733. The van der Waals surface area contributed by atoms with Gasteiger partial charge >= 0.3 is 0 Å². The van der Waals surface area contributed by atoms with Gasteiger partial charge in [-0.2, -0.15) is 0 Å². The van der Waals surface area contributed by atoms with E-state index in [-0.39, 0.29) is 11.3 Å². The molecule has 7 heteroatoms. The number of ether oxygens (including phenoxy) is 2. The molecule has 1 aromatic heterocycles. The van der Waals surface area contributed by atoms with Crippen LogP contribution in [-0.2, 0) is 9.59 Å². The Labute approximate surface area is 204 Å². The van der Waals surface area contributed by atoms with Crippen molar-refractivity contribution in [1.29, 1.82) is 0 Å². The Kier molecular flexibility index (Phi) is 6.69. The van der Waals surface area contributed by atoms with Crippen LogP contribution >= 0.6 is 0 Å². The van der Waals surface area contributed by atoms with Crippen LogP contribution in [0.25, 0.3) is 5.76 Å². The highest BCUT2D eigenvalue weighted by Crippen LogP contribution is 2.45. The lowest BCUT2D eigenvalue weighted by atomic mass is 9.98. The van der Waals surface area contributed by atoms with Gasteiger partial charge in [-0.1, -0.05) is 12.1 Å². The van der Waals surface area contributed by atoms with E-state index in [1.807, 2.05) is 45.9 Å². The quantitative estimate of drug-likeness (QED) is 0.271. The molecule has 0 aliphatic carbocycles. The maximum Gasteiger partial charge on any atom is 0.300 e. The Morgan fingerprint density at radius 3 is 2.37 bits per heavy atom. The predicted octanol–water partition coefficient (Wildman–Crippen LogP) is 5.63. The first kappa shape index (κ1) is 24.1. The molecule has 3 aromatic rings. The number of anilines is 1. The second-order valence-electron chi connectivity index (χ2n) is 8.43. The maximum atomic E-state index is 13.4. The molecule has 2 aromatic carbocycles. The first-order valence-electron chi connectivity index (χ1n) is 11.6. The summed E-state index contributed by atoms with van der Waals surface area (Å²) in [5, 5.41) is 11.5. The molecule has 1 fully saturated rings. The number of carbonyl (C=O) groups excluding carboxylic acids is 2. The molecular formula is C28H29NO6. The van der Waals surface area contributed by atoms with Crippen LogP contribution in [-0.4, -0.2) is 30.0 Å². The zero-order valence-electron chi connectivity index (χ0n) is 20.5. The van der Waals surface area contributed by atoms with Crippen LogP contribution < -0.4 is 14.4 Å². The normalized spacial score (nSPS) is 17.2. The van der Waals surface area contributed by atoms with Crippen LogP contribution in [0.1, 0.15) is 48.1 Å². The van der Waals surface area contributed by atoms with Crippen LogP contribution in [0.4, 0.5) is 5.69 Å². The number of benzene rings is 2. The molecule has 0 bridgehead atoms. The number of aliphatic hydroxyl groups is 1. The minimum Gasteiger partial charge on any atom is -0.507 e. The molecular weight excluding hydrogens is 446 g/mol. The van der Waals surface area contributed by atoms with Gasteiger partial charge in [0.05, 0.1) is 24.4 Å². The average Bonchev–Trinajstić information content (AvgIpc) is 3.36. The van der Waals surface area contributed by atoms with Gasteiger partial charge in [0.25, 0.3) is 11.7 Å². The van der Waals surface area contributed by atoms with Crippen molar-refractivity contribution in [2.45, 2.75) is 40.7 Å². The van der Waals surface area contributed by atoms with Gasteiger partial charge in [-0.15, -0.1) is 0 Å². The molecule has 1 aliphatic heterocycles. The zero-order chi connectivity index (χ0) is 25.3. The molecule has 0 spiro atoms. The first-order chi connectivity index (χ1) is 16.8. The predicted molar refractivity (Wildman–Crippen MR) is 133 cm³/mol. The van der Waals surface area contributed by atoms with Crippen LogP contribution in [0.15, 0.2) is 58.5 Å². The molecule has 1 amide bonds. The first-order valence-corrected chi connectivity index (χ1v) is 11.6. The van der Waals surface area contributed by atoms with E-state index in [0.29, 0.717) is 47.5 Å². The zero-order valence-corrected chi connectivity index (χ0v) is 20.5. The SMILES string of the molecule is CCOc1ccc(/C(O)=C2/C(=O)C(=O)N(c3cc(C)ccc3C)C2c2ccc(C)o2)c(OCC)c1. The fourth-order valence-corrected chi connectivity index (χ4v) is 4.30. The third-order valence-corrected chi connectivity index (χ3v) is 5.92. The number of furan rings is 1. The molecule has 0 saturated carbocycles. The number of aliphatic hydroxyl groups excluding tert-OH is 1. The molecule has 4 rings (SSSR count). The van der Waals surface area contributed by atoms with E-state index in [2.05, 4.69) is 0 Å². The monoisotopic (exact) mass is 475 g/mol. The van der Waals surface area contributed by atoms with E-state index >= 15 is 0 Å². The Morgan fingerprint density at radius 2 is 1.71 bits per heavy atom. The highest BCUT2D eigenvalue weighted by molar-refractivity contribution is 6.51. The Morgan fingerprint density at radius 1 is 0.971 bits per heavy atom. The second-order valence-corrected chi connectivity index (χ2v) is 8.43. The lowest BCUT2D eigenvalue weighted by Crippen LogP contribution is -2.30. The van der Waals surface area contributed by atoms with Gasteiger partial charge in [0.15, 0.2) is 0 Å². The molecule has 0 radical (unpaired) electrons. The van der Waals surface area contributed by atoms with Crippen molar-refractivity contribution >= 4 is 23.1 Å². The Hall–Kier alpha value is -4.00. The second kappa shape index (κ2) is 9.70. The van der Waals surface area contributed by atoms with E-state index in [1.54, 1.807) is 37.3 Å². The summed E-state index contributed by atoms with van der Waals surface area (Å²) in [6, 6.07) is 13.2. The van der Waals surface area contributed by atoms with Crippen molar-refractivity contribution in [3.8, 4) is 11.5 Å². The molecule has 1 saturated heterocycles. The summed E-state index contributed by atoms with van der Waals surface area (Å²) in [7, 11) is 0. The van der Waals surface area contributed by atoms with Gasteiger partial charge in [-0.25, -0.2) is 0 Å². The van der Waals surface area contributed by atoms with Crippen molar-refractivity contribution in [2.75, 3.05) is 18.1 Å².